The summed E-state index contributed by atoms with van der Waals surface area (Å²) in [5.74, 6) is -0.626. The van der Waals surface area contributed by atoms with E-state index in [-0.39, 0.29) is 18.2 Å². The summed E-state index contributed by atoms with van der Waals surface area (Å²) in [6, 6.07) is 5.54. The molecule has 0 spiro atoms. The zero-order valence-corrected chi connectivity index (χ0v) is 14.2. The van der Waals surface area contributed by atoms with Gasteiger partial charge < -0.3 is 10.4 Å². The molecule has 1 amide bonds. The maximum absolute atomic E-state index is 12.2. The molecule has 1 aromatic carbocycles. The molecule has 0 heterocycles. The molecule has 0 bridgehead atoms. The van der Waals surface area contributed by atoms with Gasteiger partial charge in [0.1, 0.15) is 0 Å². The van der Waals surface area contributed by atoms with Crippen LogP contribution in [0.1, 0.15) is 42.6 Å². The molecule has 21 heavy (non-hydrogen) atoms. The normalized spacial score (nSPS) is 12.2. The molecular formula is C16H22BrNO3. The Balaban J connectivity index is 2.68. The van der Waals surface area contributed by atoms with E-state index in [4.69, 9.17) is 5.11 Å². The number of carboxylic acids is 1. The predicted octanol–water partition coefficient (Wildman–Crippen LogP) is 3.62. The number of aryl methyl sites for hydroxylation is 1. The van der Waals surface area contributed by atoms with Gasteiger partial charge in [0, 0.05) is 23.0 Å². The van der Waals surface area contributed by atoms with Gasteiger partial charge >= 0.3 is 5.97 Å². The first-order valence-corrected chi connectivity index (χ1v) is 7.85. The number of hydrogen-bond donors (Lipinski definition) is 2. The van der Waals surface area contributed by atoms with Gasteiger partial charge in [-0.2, -0.15) is 0 Å². The Morgan fingerprint density at radius 1 is 1.33 bits per heavy atom. The number of carboxylic acid groups (broad SMARTS) is 1. The fourth-order valence-electron chi connectivity index (χ4n) is 2.32. The maximum Gasteiger partial charge on any atom is 0.303 e. The summed E-state index contributed by atoms with van der Waals surface area (Å²) in [7, 11) is 0. The summed E-state index contributed by atoms with van der Waals surface area (Å²) in [6.07, 6.45) is 0.861. The van der Waals surface area contributed by atoms with Crippen LogP contribution in [0.5, 0.6) is 0 Å². The molecule has 5 heteroatoms. The van der Waals surface area contributed by atoms with Crippen LogP contribution >= 0.6 is 15.9 Å². The van der Waals surface area contributed by atoms with Gasteiger partial charge in [-0.05, 0) is 42.9 Å². The van der Waals surface area contributed by atoms with E-state index < -0.39 is 5.97 Å². The Kier molecular flexibility index (Phi) is 6.89. The Hall–Kier alpha value is -1.36. The molecule has 0 radical (unpaired) electrons. The van der Waals surface area contributed by atoms with Crippen molar-refractivity contribution in [1.82, 2.24) is 5.32 Å². The molecule has 0 saturated heterocycles. The fourth-order valence-corrected chi connectivity index (χ4v) is 2.68. The van der Waals surface area contributed by atoms with E-state index in [9.17, 15) is 9.59 Å². The molecular weight excluding hydrogens is 334 g/mol. The van der Waals surface area contributed by atoms with Gasteiger partial charge in [0.15, 0.2) is 0 Å². The molecule has 0 aliphatic rings. The number of hydrogen-bond acceptors (Lipinski definition) is 2. The summed E-state index contributed by atoms with van der Waals surface area (Å²) < 4.78 is 0.850. The van der Waals surface area contributed by atoms with Gasteiger partial charge in [-0.25, -0.2) is 0 Å². The van der Waals surface area contributed by atoms with E-state index in [0.717, 1.165) is 16.5 Å². The lowest BCUT2D eigenvalue weighted by Gasteiger charge is -2.18. The van der Waals surface area contributed by atoms with Crippen LogP contribution in [0.4, 0.5) is 0 Å². The number of carbonyl (C=O) groups excluding carboxylic acids is 1. The maximum atomic E-state index is 12.2. The monoisotopic (exact) mass is 355 g/mol. The average Bonchev–Trinajstić information content (AvgIpc) is 2.37. The van der Waals surface area contributed by atoms with Crippen molar-refractivity contribution in [2.45, 2.75) is 33.6 Å². The third-order valence-corrected chi connectivity index (χ3v) is 3.76. The van der Waals surface area contributed by atoms with Crippen LogP contribution in [0.25, 0.3) is 0 Å². The lowest BCUT2D eigenvalue weighted by atomic mass is 9.94. The highest BCUT2D eigenvalue weighted by atomic mass is 79.9. The van der Waals surface area contributed by atoms with Crippen LogP contribution in [0.2, 0.25) is 0 Å². The van der Waals surface area contributed by atoms with Gasteiger partial charge in [0.2, 0.25) is 0 Å². The predicted molar refractivity (Wildman–Crippen MR) is 86.4 cm³/mol. The first-order chi connectivity index (χ1) is 9.79. The van der Waals surface area contributed by atoms with Crippen LogP contribution in [-0.4, -0.2) is 23.5 Å². The van der Waals surface area contributed by atoms with Crippen molar-refractivity contribution in [2.75, 3.05) is 6.54 Å². The zero-order chi connectivity index (χ0) is 16.0. The highest BCUT2D eigenvalue weighted by Crippen LogP contribution is 2.17. The first-order valence-electron chi connectivity index (χ1n) is 7.05. The Labute approximate surface area is 134 Å². The van der Waals surface area contributed by atoms with Crippen molar-refractivity contribution in [3.8, 4) is 0 Å². The van der Waals surface area contributed by atoms with Crippen molar-refractivity contribution in [2.24, 2.45) is 11.8 Å². The Morgan fingerprint density at radius 2 is 2.00 bits per heavy atom. The molecule has 1 aromatic rings. The Bertz CT molecular complexity index is 514. The van der Waals surface area contributed by atoms with Crippen LogP contribution < -0.4 is 5.32 Å². The molecule has 0 aliphatic carbocycles. The van der Waals surface area contributed by atoms with Crippen molar-refractivity contribution in [3.63, 3.8) is 0 Å². The molecule has 4 nitrogen and oxygen atoms in total. The van der Waals surface area contributed by atoms with Gasteiger partial charge in [0.05, 0.1) is 0 Å². The molecule has 116 valence electrons. The van der Waals surface area contributed by atoms with E-state index >= 15 is 0 Å². The van der Waals surface area contributed by atoms with Gasteiger partial charge in [-0.15, -0.1) is 0 Å². The topological polar surface area (TPSA) is 66.4 Å². The zero-order valence-electron chi connectivity index (χ0n) is 12.6. The molecule has 0 saturated carbocycles. The summed E-state index contributed by atoms with van der Waals surface area (Å²) >= 11 is 3.35. The van der Waals surface area contributed by atoms with Crippen LogP contribution in [0.15, 0.2) is 22.7 Å². The highest BCUT2D eigenvalue weighted by Gasteiger charge is 2.17. The minimum absolute atomic E-state index is 0.0427. The van der Waals surface area contributed by atoms with Crippen LogP contribution in [0.3, 0.4) is 0 Å². The molecule has 0 aromatic heterocycles. The van der Waals surface area contributed by atoms with E-state index in [1.165, 1.54) is 0 Å². The molecule has 0 fully saturated rings. The minimum atomic E-state index is -0.825. The van der Waals surface area contributed by atoms with Crippen LogP contribution in [0, 0.1) is 18.8 Å². The molecule has 1 atom stereocenters. The third kappa shape index (κ3) is 6.29. The second-order valence-electron chi connectivity index (χ2n) is 5.76. The van der Waals surface area contributed by atoms with Gasteiger partial charge in [0.25, 0.3) is 5.91 Å². The van der Waals surface area contributed by atoms with E-state index in [1.54, 1.807) is 6.07 Å². The number of halogens is 1. The largest absolute Gasteiger partial charge is 0.481 e. The van der Waals surface area contributed by atoms with E-state index in [2.05, 4.69) is 35.1 Å². The molecule has 1 rings (SSSR count). The Morgan fingerprint density at radius 3 is 2.57 bits per heavy atom. The third-order valence-electron chi connectivity index (χ3n) is 3.26. The number of benzene rings is 1. The summed E-state index contributed by atoms with van der Waals surface area (Å²) in [5.41, 5.74) is 1.51. The van der Waals surface area contributed by atoms with Crippen molar-refractivity contribution in [3.05, 3.63) is 33.8 Å². The second kappa shape index (κ2) is 8.17. The first kappa shape index (κ1) is 17.7. The van der Waals surface area contributed by atoms with Crippen LogP contribution in [-0.2, 0) is 4.79 Å². The fraction of sp³-hybridized carbons (Fsp3) is 0.500. The van der Waals surface area contributed by atoms with E-state index in [1.807, 2.05) is 19.1 Å². The van der Waals surface area contributed by atoms with Crippen molar-refractivity contribution in [1.29, 1.82) is 0 Å². The highest BCUT2D eigenvalue weighted by molar-refractivity contribution is 9.10. The number of aliphatic carboxylic acids is 1. The number of nitrogens with one attached hydrogen (secondary N) is 1. The minimum Gasteiger partial charge on any atom is -0.481 e. The summed E-state index contributed by atoms with van der Waals surface area (Å²) in [4.78, 5) is 23.1. The molecule has 2 N–H and O–H groups in total. The quantitative estimate of drug-likeness (QED) is 0.784. The lowest BCUT2D eigenvalue weighted by Crippen LogP contribution is -2.31. The number of amides is 1. The summed E-state index contributed by atoms with van der Waals surface area (Å²) in [5, 5.41) is 11.8. The average molecular weight is 356 g/mol. The smallest absolute Gasteiger partial charge is 0.303 e. The van der Waals surface area contributed by atoms with Gasteiger partial charge in [-0.3, -0.25) is 9.59 Å². The van der Waals surface area contributed by atoms with Crippen molar-refractivity contribution >= 4 is 27.8 Å². The number of carbonyl (C=O) groups is 2. The summed E-state index contributed by atoms with van der Waals surface area (Å²) in [6.45, 7) is 6.36. The molecule has 0 aliphatic heterocycles. The van der Waals surface area contributed by atoms with Crippen molar-refractivity contribution < 1.29 is 14.7 Å². The second-order valence-corrected chi connectivity index (χ2v) is 6.68. The standard InChI is InChI=1S/C16H22BrNO3/c1-10(2)6-12(7-15(19)20)9-18-16(21)14-8-13(17)5-4-11(14)3/h4-5,8,10,12H,6-7,9H2,1-3H3,(H,18,21)(H,19,20)/t12-/m0/s1. The SMILES string of the molecule is Cc1ccc(Br)cc1C(=O)NC[C@H](CC(=O)O)CC(C)C. The lowest BCUT2D eigenvalue weighted by molar-refractivity contribution is -0.138. The number of rotatable bonds is 7. The van der Waals surface area contributed by atoms with Gasteiger partial charge in [-0.1, -0.05) is 35.8 Å². The van der Waals surface area contributed by atoms with E-state index in [0.29, 0.717) is 18.0 Å². The molecule has 0 unspecified atom stereocenters.